The minimum absolute atomic E-state index is 0.192. The van der Waals surface area contributed by atoms with E-state index in [0.29, 0.717) is 0 Å². The molecule has 1 atom stereocenters. The van der Waals surface area contributed by atoms with Crippen LogP contribution in [0, 0.1) is 0 Å². The van der Waals surface area contributed by atoms with E-state index in [-0.39, 0.29) is 12.6 Å². The van der Waals surface area contributed by atoms with Crippen LogP contribution < -0.4 is 10.2 Å². The number of hydrogen-bond donors (Lipinski definition) is 2. The summed E-state index contributed by atoms with van der Waals surface area (Å²) in [4.78, 5) is 10.6. The van der Waals surface area contributed by atoms with Crippen LogP contribution in [-0.4, -0.2) is 41.3 Å². The molecule has 2 rings (SSSR count). The summed E-state index contributed by atoms with van der Waals surface area (Å²) in [5.41, 5.74) is 0. The molecule has 0 saturated carbocycles. The summed E-state index contributed by atoms with van der Waals surface area (Å²) in [6.45, 7) is 1.16. The summed E-state index contributed by atoms with van der Waals surface area (Å²) in [7, 11) is 1.85. The fourth-order valence-electron chi connectivity index (χ4n) is 2.31. The van der Waals surface area contributed by atoms with Crippen LogP contribution in [0.15, 0.2) is 12.4 Å². The van der Waals surface area contributed by atoms with Crippen LogP contribution in [-0.2, 0) is 0 Å². The van der Waals surface area contributed by atoms with E-state index in [1.165, 1.54) is 12.8 Å². The van der Waals surface area contributed by atoms with Crippen molar-refractivity contribution < 1.29 is 5.11 Å². The van der Waals surface area contributed by atoms with Crippen LogP contribution in [0.1, 0.15) is 25.7 Å². The Hall–Kier alpha value is -1.36. The Kier molecular flexibility index (Phi) is 4.14. The number of rotatable bonds is 3. The van der Waals surface area contributed by atoms with Crippen LogP contribution in [0.4, 0.5) is 11.6 Å². The van der Waals surface area contributed by atoms with Gasteiger partial charge < -0.3 is 15.3 Å². The van der Waals surface area contributed by atoms with Gasteiger partial charge >= 0.3 is 0 Å². The quantitative estimate of drug-likeness (QED) is 0.827. The minimum atomic E-state index is 0.192. The first-order chi connectivity index (χ1) is 8.35. The summed E-state index contributed by atoms with van der Waals surface area (Å²) in [6.07, 6.45) is 6.19. The molecule has 5 heteroatoms. The maximum atomic E-state index is 9.47. The predicted molar refractivity (Wildman–Crippen MR) is 68.3 cm³/mol. The molecule has 2 N–H and O–H groups in total. The van der Waals surface area contributed by atoms with E-state index in [2.05, 4.69) is 20.2 Å². The molecule has 1 unspecified atom stereocenters. The minimum Gasteiger partial charge on any atom is -0.394 e. The number of anilines is 2. The van der Waals surface area contributed by atoms with E-state index in [0.717, 1.165) is 31.0 Å². The molecule has 2 heterocycles. The van der Waals surface area contributed by atoms with Gasteiger partial charge in [-0.1, -0.05) is 12.8 Å². The average Bonchev–Trinajstić information content (AvgIpc) is 2.63. The second-order valence-corrected chi connectivity index (χ2v) is 4.39. The standard InChI is InChI=1S/C12H20N4O/c1-13-11-7-12(15-9-14-11)16-6-4-2-3-5-10(16)8-17/h7,9-10,17H,2-6,8H2,1H3,(H,13,14,15). The first-order valence-corrected chi connectivity index (χ1v) is 6.22. The third-order valence-corrected chi connectivity index (χ3v) is 3.29. The van der Waals surface area contributed by atoms with Crippen molar-refractivity contribution in [2.45, 2.75) is 31.7 Å². The van der Waals surface area contributed by atoms with Crippen LogP contribution in [0.5, 0.6) is 0 Å². The fraction of sp³-hybridized carbons (Fsp3) is 0.667. The summed E-state index contributed by atoms with van der Waals surface area (Å²) >= 11 is 0. The van der Waals surface area contributed by atoms with Crippen molar-refractivity contribution in [1.82, 2.24) is 9.97 Å². The summed E-state index contributed by atoms with van der Waals surface area (Å²) in [5.74, 6) is 1.72. The summed E-state index contributed by atoms with van der Waals surface area (Å²) in [6, 6.07) is 2.13. The number of aliphatic hydroxyl groups is 1. The molecule has 0 bridgehead atoms. The molecule has 17 heavy (non-hydrogen) atoms. The largest absolute Gasteiger partial charge is 0.394 e. The van der Waals surface area contributed by atoms with Gasteiger partial charge in [-0.25, -0.2) is 9.97 Å². The third kappa shape index (κ3) is 2.85. The first kappa shape index (κ1) is 12.1. The summed E-state index contributed by atoms with van der Waals surface area (Å²) < 4.78 is 0. The topological polar surface area (TPSA) is 61.3 Å². The second-order valence-electron chi connectivity index (χ2n) is 4.39. The lowest BCUT2D eigenvalue weighted by Crippen LogP contribution is -2.38. The van der Waals surface area contributed by atoms with E-state index in [1.807, 2.05) is 13.1 Å². The molecule has 1 fully saturated rings. The molecule has 0 aliphatic carbocycles. The lowest BCUT2D eigenvalue weighted by atomic mass is 10.1. The number of nitrogens with zero attached hydrogens (tertiary/aromatic N) is 3. The lowest BCUT2D eigenvalue weighted by molar-refractivity contribution is 0.254. The number of hydrogen-bond acceptors (Lipinski definition) is 5. The van der Waals surface area contributed by atoms with Crippen molar-refractivity contribution in [2.24, 2.45) is 0 Å². The molecule has 1 aliphatic heterocycles. The average molecular weight is 236 g/mol. The smallest absolute Gasteiger partial charge is 0.134 e. The van der Waals surface area contributed by atoms with Gasteiger partial charge in [0.25, 0.3) is 0 Å². The molecule has 5 nitrogen and oxygen atoms in total. The van der Waals surface area contributed by atoms with Gasteiger partial charge in [0.1, 0.15) is 18.0 Å². The third-order valence-electron chi connectivity index (χ3n) is 3.29. The van der Waals surface area contributed by atoms with E-state index >= 15 is 0 Å². The normalized spacial score (nSPS) is 21.1. The van der Waals surface area contributed by atoms with Crippen molar-refractivity contribution in [1.29, 1.82) is 0 Å². The predicted octanol–water partition coefficient (Wildman–Crippen LogP) is 1.26. The number of aliphatic hydroxyl groups excluding tert-OH is 1. The highest BCUT2D eigenvalue weighted by Gasteiger charge is 2.21. The molecule has 1 aromatic heterocycles. The van der Waals surface area contributed by atoms with Crippen molar-refractivity contribution in [2.75, 3.05) is 30.4 Å². The van der Waals surface area contributed by atoms with Crippen molar-refractivity contribution in [3.63, 3.8) is 0 Å². The maximum Gasteiger partial charge on any atom is 0.134 e. The zero-order valence-corrected chi connectivity index (χ0v) is 10.3. The molecule has 0 aromatic carbocycles. The second kappa shape index (κ2) is 5.82. The Morgan fingerprint density at radius 1 is 1.41 bits per heavy atom. The maximum absolute atomic E-state index is 9.47. The molecule has 0 radical (unpaired) electrons. The Balaban J connectivity index is 2.21. The van der Waals surface area contributed by atoms with Crippen molar-refractivity contribution in [3.8, 4) is 0 Å². The molecule has 1 aromatic rings. The zero-order valence-electron chi connectivity index (χ0n) is 10.3. The van der Waals surface area contributed by atoms with E-state index in [9.17, 15) is 5.11 Å². The van der Waals surface area contributed by atoms with E-state index in [4.69, 9.17) is 0 Å². The van der Waals surface area contributed by atoms with Gasteiger partial charge in [-0.3, -0.25) is 0 Å². The Bertz CT molecular complexity index is 358. The van der Waals surface area contributed by atoms with Crippen molar-refractivity contribution >= 4 is 11.6 Å². The van der Waals surface area contributed by atoms with E-state index < -0.39 is 0 Å². The first-order valence-electron chi connectivity index (χ1n) is 6.22. The molecule has 0 amide bonds. The van der Waals surface area contributed by atoms with Gasteiger partial charge in [0.2, 0.25) is 0 Å². The fourth-order valence-corrected chi connectivity index (χ4v) is 2.31. The molecular weight excluding hydrogens is 216 g/mol. The zero-order chi connectivity index (χ0) is 12.1. The van der Waals surface area contributed by atoms with Gasteiger partial charge in [0.05, 0.1) is 12.6 Å². The number of aromatic nitrogens is 2. The number of nitrogens with one attached hydrogen (secondary N) is 1. The van der Waals surface area contributed by atoms with Crippen molar-refractivity contribution in [3.05, 3.63) is 12.4 Å². The van der Waals surface area contributed by atoms with Gasteiger partial charge in [0.15, 0.2) is 0 Å². The lowest BCUT2D eigenvalue weighted by Gasteiger charge is -2.29. The van der Waals surface area contributed by atoms with Gasteiger partial charge in [0, 0.05) is 19.7 Å². The molecule has 0 spiro atoms. The van der Waals surface area contributed by atoms with Gasteiger partial charge in [-0.15, -0.1) is 0 Å². The Morgan fingerprint density at radius 3 is 3.06 bits per heavy atom. The molecule has 94 valence electrons. The van der Waals surface area contributed by atoms with Gasteiger partial charge in [-0.05, 0) is 12.8 Å². The summed E-state index contributed by atoms with van der Waals surface area (Å²) in [5, 5.41) is 12.5. The van der Waals surface area contributed by atoms with Crippen LogP contribution in [0.3, 0.4) is 0 Å². The molecule has 1 saturated heterocycles. The Labute approximate surface area is 102 Å². The highest BCUT2D eigenvalue weighted by atomic mass is 16.3. The van der Waals surface area contributed by atoms with Crippen LogP contribution >= 0.6 is 0 Å². The van der Waals surface area contributed by atoms with Crippen LogP contribution in [0.2, 0.25) is 0 Å². The van der Waals surface area contributed by atoms with Crippen LogP contribution in [0.25, 0.3) is 0 Å². The monoisotopic (exact) mass is 236 g/mol. The van der Waals surface area contributed by atoms with E-state index in [1.54, 1.807) is 6.33 Å². The highest BCUT2D eigenvalue weighted by molar-refractivity contribution is 5.48. The van der Waals surface area contributed by atoms with Gasteiger partial charge in [-0.2, -0.15) is 0 Å². The molecule has 1 aliphatic rings. The Morgan fingerprint density at radius 2 is 2.29 bits per heavy atom. The SMILES string of the molecule is CNc1cc(N2CCCCCC2CO)ncn1. The molecular formula is C12H20N4O. The highest BCUT2D eigenvalue weighted by Crippen LogP contribution is 2.23.